The second-order valence-electron chi connectivity index (χ2n) is 6.44. The molecule has 0 N–H and O–H groups in total. The third-order valence-corrected chi connectivity index (χ3v) is 5.76. The molecule has 3 rings (SSSR count). The van der Waals surface area contributed by atoms with Crippen LogP contribution >= 0.6 is 35.0 Å². The molecule has 0 saturated carbocycles. The van der Waals surface area contributed by atoms with Gasteiger partial charge < -0.3 is 9.47 Å². The molecule has 0 atom stereocenters. The minimum atomic E-state index is -0.665. The van der Waals surface area contributed by atoms with E-state index in [-0.39, 0.29) is 33.9 Å². The lowest BCUT2D eigenvalue weighted by atomic mass is 10.1. The summed E-state index contributed by atoms with van der Waals surface area (Å²) in [6.07, 6.45) is 1.46. The quantitative estimate of drug-likeness (QED) is 0.395. The van der Waals surface area contributed by atoms with Gasteiger partial charge in [-0.05, 0) is 48.5 Å². The van der Waals surface area contributed by atoms with Crippen LogP contribution in [0.5, 0.6) is 5.75 Å². The Balaban J connectivity index is 1.77. The summed E-state index contributed by atoms with van der Waals surface area (Å²) >= 11 is 13.4. The van der Waals surface area contributed by atoms with E-state index in [9.17, 15) is 19.6 Å². The normalized spacial score (nSPS) is 14.6. The highest BCUT2D eigenvalue weighted by atomic mass is 35.5. The fourth-order valence-electron chi connectivity index (χ4n) is 2.83. The summed E-state index contributed by atoms with van der Waals surface area (Å²) in [6.45, 7) is 1.43. The standard InChI is InChI=1S/C22H16Cl2N2O5S/c1-2-30-19(27)11-26-21(28)18(32-22(26)29)9-13-7-16(23)20(17(24)8-13)31-12-15-6-4-3-5-14(15)10-25/h3-9H,2,11-12H2,1H3/b18-9+. The highest BCUT2D eigenvalue weighted by Crippen LogP contribution is 2.37. The van der Waals surface area contributed by atoms with E-state index in [1.807, 2.05) is 0 Å². The first kappa shape index (κ1) is 23.7. The Hall–Kier alpha value is -2.99. The fraction of sp³-hybridized carbons (Fsp3) is 0.182. The maximum absolute atomic E-state index is 12.5. The summed E-state index contributed by atoms with van der Waals surface area (Å²) < 4.78 is 10.5. The van der Waals surface area contributed by atoms with Gasteiger partial charge in [-0.25, -0.2) is 0 Å². The van der Waals surface area contributed by atoms with Crippen LogP contribution in [0.4, 0.5) is 4.79 Å². The van der Waals surface area contributed by atoms with Gasteiger partial charge in [0.05, 0.1) is 33.2 Å². The number of thioether (sulfide) groups is 1. The highest BCUT2D eigenvalue weighted by Gasteiger charge is 2.36. The van der Waals surface area contributed by atoms with E-state index in [0.29, 0.717) is 28.5 Å². The molecule has 2 amide bonds. The molecule has 10 heteroatoms. The third kappa shape index (κ3) is 5.43. The second-order valence-corrected chi connectivity index (χ2v) is 8.25. The van der Waals surface area contributed by atoms with E-state index in [1.165, 1.54) is 18.2 Å². The Kier molecular flexibility index (Phi) is 7.80. The van der Waals surface area contributed by atoms with Gasteiger partial charge in [0.1, 0.15) is 13.2 Å². The van der Waals surface area contributed by atoms with Gasteiger partial charge >= 0.3 is 5.97 Å². The van der Waals surface area contributed by atoms with Crippen molar-refractivity contribution in [3.63, 3.8) is 0 Å². The monoisotopic (exact) mass is 490 g/mol. The van der Waals surface area contributed by atoms with Crippen molar-refractivity contribution in [2.24, 2.45) is 0 Å². The average molecular weight is 491 g/mol. The maximum atomic E-state index is 12.5. The summed E-state index contributed by atoms with van der Waals surface area (Å²) in [5.74, 6) is -1.04. The third-order valence-electron chi connectivity index (χ3n) is 4.29. The van der Waals surface area contributed by atoms with Gasteiger partial charge in [0.2, 0.25) is 0 Å². The largest absolute Gasteiger partial charge is 0.486 e. The van der Waals surface area contributed by atoms with Crippen molar-refractivity contribution in [2.45, 2.75) is 13.5 Å². The van der Waals surface area contributed by atoms with Crippen molar-refractivity contribution in [1.82, 2.24) is 4.90 Å². The van der Waals surface area contributed by atoms with Gasteiger partial charge in [0, 0.05) is 5.56 Å². The number of ether oxygens (including phenoxy) is 2. The van der Waals surface area contributed by atoms with Crippen LogP contribution in [0.2, 0.25) is 10.0 Å². The van der Waals surface area contributed by atoms with Gasteiger partial charge in [-0.2, -0.15) is 5.26 Å². The minimum Gasteiger partial charge on any atom is -0.486 e. The highest BCUT2D eigenvalue weighted by molar-refractivity contribution is 8.18. The first-order valence-corrected chi connectivity index (χ1v) is 10.9. The second kappa shape index (κ2) is 10.6. The number of nitriles is 1. The van der Waals surface area contributed by atoms with Crippen LogP contribution in [0.25, 0.3) is 6.08 Å². The Morgan fingerprint density at radius 3 is 2.56 bits per heavy atom. The van der Waals surface area contributed by atoms with Crippen molar-refractivity contribution in [3.05, 3.63) is 68.0 Å². The molecule has 1 saturated heterocycles. The van der Waals surface area contributed by atoms with Crippen molar-refractivity contribution in [2.75, 3.05) is 13.2 Å². The molecule has 0 spiro atoms. The van der Waals surface area contributed by atoms with Crippen LogP contribution in [0.15, 0.2) is 41.3 Å². The molecule has 0 aromatic heterocycles. The van der Waals surface area contributed by atoms with E-state index < -0.39 is 23.7 Å². The van der Waals surface area contributed by atoms with Gasteiger partial charge in [0.25, 0.3) is 11.1 Å². The molecule has 0 radical (unpaired) electrons. The number of esters is 1. The van der Waals surface area contributed by atoms with Crippen molar-refractivity contribution < 1.29 is 23.9 Å². The number of nitrogens with zero attached hydrogens (tertiary/aromatic N) is 2. The topological polar surface area (TPSA) is 96.7 Å². The lowest BCUT2D eigenvalue weighted by Gasteiger charge is -2.12. The van der Waals surface area contributed by atoms with Crippen LogP contribution in [-0.2, 0) is 20.9 Å². The molecule has 0 unspecified atom stereocenters. The summed E-state index contributed by atoms with van der Waals surface area (Å²) in [7, 11) is 0. The van der Waals surface area contributed by atoms with E-state index in [0.717, 1.165) is 4.90 Å². The van der Waals surface area contributed by atoms with Crippen LogP contribution in [-0.4, -0.2) is 35.2 Å². The Bertz CT molecular complexity index is 1140. The molecule has 1 fully saturated rings. The van der Waals surface area contributed by atoms with Gasteiger partial charge in [0.15, 0.2) is 5.75 Å². The predicted octanol–water partition coefficient (Wildman–Crippen LogP) is 5.04. The van der Waals surface area contributed by atoms with Crippen molar-refractivity contribution >= 4 is 58.2 Å². The van der Waals surface area contributed by atoms with Crippen LogP contribution in [0, 0.1) is 11.3 Å². The molecule has 7 nitrogen and oxygen atoms in total. The SMILES string of the molecule is CCOC(=O)CN1C(=O)S/C(=C/c2cc(Cl)c(OCc3ccccc3C#N)c(Cl)c2)C1=O. The number of benzene rings is 2. The molecule has 1 aliphatic rings. The van der Waals surface area contributed by atoms with Gasteiger partial charge in [-0.1, -0.05) is 41.4 Å². The van der Waals surface area contributed by atoms with Crippen molar-refractivity contribution in [3.8, 4) is 11.8 Å². The number of rotatable bonds is 7. The Morgan fingerprint density at radius 1 is 1.22 bits per heavy atom. The van der Waals surface area contributed by atoms with Crippen molar-refractivity contribution in [1.29, 1.82) is 5.26 Å². The Morgan fingerprint density at radius 2 is 1.91 bits per heavy atom. The minimum absolute atomic E-state index is 0.0925. The predicted molar refractivity (Wildman–Crippen MR) is 121 cm³/mol. The lowest BCUT2D eigenvalue weighted by molar-refractivity contribution is -0.145. The maximum Gasteiger partial charge on any atom is 0.326 e. The Labute approximate surface area is 198 Å². The van der Waals surface area contributed by atoms with Gasteiger partial charge in [-0.3, -0.25) is 19.3 Å². The summed E-state index contributed by atoms with van der Waals surface area (Å²) in [5, 5.41) is 9.01. The molecule has 0 aliphatic carbocycles. The first-order chi connectivity index (χ1) is 15.3. The molecule has 2 aromatic rings. The lowest BCUT2D eigenvalue weighted by Crippen LogP contribution is -2.34. The van der Waals surface area contributed by atoms with Crippen LogP contribution in [0.1, 0.15) is 23.6 Å². The molecular formula is C22H16Cl2N2O5S. The zero-order chi connectivity index (χ0) is 23.3. The fourth-order valence-corrected chi connectivity index (χ4v) is 4.28. The number of hydrogen-bond donors (Lipinski definition) is 0. The number of imide groups is 1. The summed E-state index contributed by atoms with van der Waals surface area (Å²) in [4.78, 5) is 37.2. The number of amides is 2. The van der Waals surface area contributed by atoms with E-state index in [4.69, 9.17) is 32.7 Å². The first-order valence-electron chi connectivity index (χ1n) is 9.34. The number of hydrogen-bond acceptors (Lipinski definition) is 7. The van der Waals surface area contributed by atoms with Gasteiger partial charge in [-0.15, -0.1) is 0 Å². The zero-order valence-electron chi connectivity index (χ0n) is 16.8. The molecule has 164 valence electrons. The van der Waals surface area contributed by atoms with Crippen LogP contribution < -0.4 is 4.74 Å². The van der Waals surface area contributed by atoms with E-state index >= 15 is 0 Å². The smallest absolute Gasteiger partial charge is 0.326 e. The number of halogens is 2. The molecular weight excluding hydrogens is 475 g/mol. The molecule has 2 aromatic carbocycles. The van der Waals surface area contributed by atoms with E-state index in [1.54, 1.807) is 31.2 Å². The summed E-state index contributed by atoms with van der Waals surface area (Å²) in [5.41, 5.74) is 1.64. The molecule has 1 heterocycles. The zero-order valence-corrected chi connectivity index (χ0v) is 19.1. The molecule has 1 aliphatic heterocycles. The molecule has 32 heavy (non-hydrogen) atoms. The number of carbonyl (C=O) groups is 3. The average Bonchev–Trinajstić information content (AvgIpc) is 3.01. The van der Waals surface area contributed by atoms with E-state index in [2.05, 4.69) is 6.07 Å². The van der Waals surface area contributed by atoms with Crippen LogP contribution in [0.3, 0.4) is 0 Å². The molecule has 0 bridgehead atoms. The summed E-state index contributed by atoms with van der Waals surface area (Å²) in [6, 6.07) is 12.2. The number of carbonyl (C=O) groups excluding carboxylic acids is 3.